The number of nitrogens with zero attached hydrogens (tertiary/aromatic N) is 1. The normalized spacial score (nSPS) is 20.0. The second-order valence-electron chi connectivity index (χ2n) is 5.97. The minimum Gasteiger partial charge on any atom is -0.371 e. The summed E-state index contributed by atoms with van der Waals surface area (Å²) in [5, 5.41) is 0. The van der Waals surface area contributed by atoms with E-state index in [1.165, 1.54) is 40.1 Å². The third-order valence-electron chi connectivity index (χ3n) is 4.69. The zero-order valence-corrected chi connectivity index (χ0v) is 13.4. The summed E-state index contributed by atoms with van der Waals surface area (Å²) in [5.41, 5.74) is 5.41. The minimum atomic E-state index is 0.0676. The summed E-state index contributed by atoms with van der Waals surface area (Å²) in [7, 11) is 0. The van der Waals surface area contributed by atoms with Gasteiger partial charge in [0.05, 0.1) is 5.92 Å². The van der Waals surface area contributed by atoms with Crippen LogP contribution in [-0.4, -0.2) is 13.1 Å². The predicted octanol–water partition coefficient (Wildman–Crippen LogP) is 4.66. The van der Waals surface area contributed by atoms with Gasteiger partial charge in [0.15, 0.2) is 0 Å². The van der Waals surface area contributed by atoms with Crippen LogP contribution < -0.4 is 4.90 Å². The molecule has 2 aromatic carbocycles. The maximum atomic E-state index is 5.99. The van der Waals surface area contributed by atoms with Crippen LogP contribution >= 0.6 is 11.8 Å². The smallest absolute Gasteiger partial charge is 0.0733 e. The summed E-state index contributed by atoms with van der Waals surface area (Å²) < 4.78 is 0. The first-order valence-electron chi connectivity index (χ1n) is 7.93. The Kier molecular flexibility index (Phi) is 3.60. The number of hydrogen-bond acceptors (Lipinski definition) is 2. The minimum absolute atomic E-state index is 0.0676. The quantitative estimate of drug-likeness (QED) is 0.705. The van der Waals surface area contributed by atoms with Gasteiger partial charge in [-0.2, -0.15) is 0 Å². The van der Waals surface area contributed by atoms with E-state index in [1.807, 2.05) is 11.8 Å². The van der Waals surface area contributed by atoms with Crippen LogP contribution in [0.25, 0.3) is 0 Å². The van der Waals surface area contributed by atoms with E-state index >= 15 is 0 Å². The highest BCUT2D eigenvalue weighted by Crippen LogP contribution is 2.44. The van der Waals surface area contributed by atoms with Gasteiger partial charge in [0.2, 0.25) is 0 Å². The predicted molar refractivity (Wildman–Crippen MR) is 94.6 cm³/mol. The SMILES string of the molecule is C#C[C@@H]1c2ccccc2SCc2cccc(N3CCCC3)c21. The first-order chi connectivity index (χ1) is 10.9. The van der Waals surface area contributed by atoms with E-state index in [0.717, 1.165) is 18.8 Å². The molecule has 1 fully saturated rings. The Balaban J connectivity index is 1.91. The molecular formula is C20H19NS. The topological polar surface area (TPSA) is 3.24 Å². The highest BCUT2D eigenvalue weighted by Gasteiger charge is 2.27. The third kappa shape index (κ3) is 2.21. The van der Waals surface area contributed by atoms with E-state index < -0.39 is 0 Å². The first-order valence-corrected chi connectivity index (χ1v) is 8.91. The molecule has 22 heavy (non-hydrogen) atoms. The van der Waals surface area contributed by atoms with Crippen molar-refractivity contribution in [1.82, 2.24) is 0 Å². The van der Waals surface area contributed by atoms with Crippen molar-refractivity contribution >= 4 is 17.4 Å². The molecule has 0 saturated carbocycles. The number of anilines is 1. The average Bonchev–Trinajstić information content (AvgIpc) is 3.04. The van der Waals surface area contributed by atoms with E-state index in [1.54, 1.807) is 0 Å². The van der Waals surface area contributed by atoms with Gasteiger partial charge in [-0.1, -0.05) is 36.3 Å². The van der Waals surface area contributed by atoms with Crippen molar-refractivity contribution < 1.29 is 0 Å². The summed E-state index contributed by atoms with van der Waals surface area (Å²) in [6, 6.07) is 15.3. The zero-order chi connectivity index (χ0) is 14.9. The van der Waals surface area contributed by atoms with Crippen molar-refractivity contribution in [3.05, 3.63) is 59.2 Å². The lowest BCUT2D eigenvalue weighted by atomic mass is 9.87. The van der Waals surface area contributed by atoms with Crippen LogP contribution in [0.4, 0.5) is 5.69 Å². The molecule has 4 rings (SSSR count). The van der Waals surface area contributed by atoms with E-state index in [9.17, 15) is 0 Å². The molecule has 2 aliphatic heterocycles. The monoisotopic (exact) mass is 305 g/mol. The van der Waals surface area contributed by atoms with Gasteiger partial charge in [-0.15, -0.1) is 18.2 Å². The molecule has 0 bridgehead atoms. The number of fused-ring (bicyclic) bond motifs is 2. The summed E-state index contributed by atoms with van der Waals surface area (Å²) in [6.07, 6.45) is 8.57. The number of thioether (sulfide) groups is 1. The lowest BCUT2D eigenvalue weighted by Gasteiger charge is -2.25. The number of benzene rings is 2. The summed E-state index contributed by atoms with van der Waals surface area (Å²) in [4.78, 5) is 3.84. The molecule has 2 aromatic rings. The highest BCUT2D eigenvalue weighted by molar-refractivity contribution is 7.98. The molecule has 0 aliphatic carbocycles. The van der Waals surface area contributed by atoms with E-state index in [4.69, 9.17) is 6.42 Å². The maximum Gasteiger partial charge on any atom is 0.0733 e. The van der Waals surface area contributed by atoms with Gasteiger partial charge in [-0.3, -0.25) is 0 Å². The van der Waals surface area contributed by atoms with E-state index in [-0.39, 0.29) is 5.92 Å². The molecule has 0 aromatic heterocycles. The average molecular weight is 305 g/mol. The number of rotatable bonds is 1. The molecule has 0 radical (unpaired) electrons. The molecule has 1 nitrogen and oxygen atoms in total. The van der Waals surface area contributed by atoms with Crippen LogP contribution in [-0.2, 0) is 5.75 Å². The Labute approximate surface area is 136 Å². The Morgan fingerprint density at radius 1 is 1.05 bits per heavy atom. The first kappa shape index (κ1) is 13.8. The lowest BCUT2D eigenvalue weighted by Crippen LogP contribution is -2.21. The van der Waals surface area contributed by atoms with Crippen molar-refractivity contribution in [3.8, 4) is 12.3 Å². The van der Waals surface area contributed by atoms with Gasteiger partial charge < -0.3 is 4.90 Å². The van der Waals surface area contributed by atoms with Crippen molar-refractivity contribution in [2.75, 3.05) is 18.0 Å². The molecular weight excluding hydrogens is 286 g/mol. The third-order valence-corrected chi connectivity index (χ3v) is 5.83. The van der Waals surface area contributed by atoms with Crippen LogP contribution in [0, 0.1) is 12.3 Å². The van der Waals surface area contributed by atoms with Crippen LogP contribution in [0.15, 0.2) is 47.4 Å². The Hall–Kier alpha value is -1.85. The molecule has 0 unspecified atom stereocenters. The van der Waals surface area contributed by atoms with Crippen LogP contribution in [0.5, 0.6) is 0 Å². The molecule has 2 heteroatoms. The van der Waals surface area contributed by atoms with Crippen molar-refractivity contribution in [2.24, 2.45) is 0 Å². The summed E-state index contributed by atoms with van der Waals surface area (Å²) in [5.74, 6) is 4.15. The van der Waals surface area contributed by atoms with E-state index in [2.05, 4.69) is 53.3 Å². The second-order valence-corrected chi connectivity index (χ2v) is 6.99. The molecule has 1 saturated heterocycles. The Morgan fingerprint density at radius 3 is 2.68 bits per heavy atom. The molecule has 2 aliphatic rings. The van der Waals surface area contributed by atoms with Gasteiger partial charge in [0.1, 0.15) is 0 Å². The van der Waals surface area contributed by atoms with Gasteiger partial charge >= 0.3 is 0 Å². The lowest BCUT2D eigenvalue weighted by molar-refractivity contribution is 0.926. The largest absolute Gasteiger partial charge is 0.371 e. The van der Waals surface area contributed by atoms with Crippen LogP contribution in [0.1, 0.15) is 35.4 Å². The fourth-order valence-corrected chi connectivity index (χ4v) is 4.72. The molecule has 110 valence electrons. The van der Waals surface area contributed by atoms with Crippen molar-refractivity contribution in [1.29, 1.82) is 0 Å². The highest BCUT2D eigenvalue weighted by atomic mass is 32.2. The summed E-state index contributed by atoms with van der Waals surface area (Å²) >= 11 is 1.91. The second kappa shape index (κ2) is 5.74. The molecule has 1 atom stereocenters. The van der Waals surface area contributed by atoms with Crippen molar-refractivity contribution in [3.63, 3.8) is 0 Å². The van der Waals surface area contributed by atoms with Crippen molar-refractivity contribution in [2.45, 2.75) is 29.4 Å². The van der Waals surface area contributed by atoms with Crippen LogP contribution in [0.3, 0.4) is 0 Å². The van der Waals surface area contributed by atoms with E-state index in [0.29, 0.717) is 0 Å². The Morgan fingerprint density at radius 2 is 1.86 bits per heavy atom. The van der Waals surface area contributed by atoms with Gasteiger partial charge in [-0.05, 0) is 41.7 Å². The fraction of sp³-hybridized carbons (Fsp3) is 0.300. The standard InChI is InChI=1S/C20H19NS/c1-2-16-17-9-3-4-11-19(17)22-14-15-8-7-10-18(20(15)16)21-12-5-6-13-21/h1,3-4,7-11,16H,5-6,12-14H2/t16-/m1/s1. The molecule has 0 N–H and O–H groups in total. The Bertz CT molecular complexity index is 738. The molecule has 0 spiro atoms. The number of hydrogen-bond donors (Lipinski definition) is 0. The summed E-state index contributed by atoms with van der Waals surface area (Å²) in [6.45, 7) is 2.31. The zero-order valence-electron chi connectivity index (χ0n) is 12.6. The van der Waals surface area contributed by atoms with Crippen LogP contribution in [0.2, 0.25) is 0 Å². The molecule has 0 amide bonds. The van der Waals surface area contributed by atoms with Gasteiger partial charge in [0.25, 0.3) is 0 Å². The van der Waals surface area contributed by atoms with Gasteiger partial charge in [-0.25, -0.2) is 0 Å². The molecule has 2 heterocycles. The number of terminal acetylenes is 1. The maximum absolute atomic E-state index is 5.99. The fourth-order valence-electron chi connectivity index (χ4n) is 3.63. The van der Waals surface area contributed by atoms with Gasteiger partial charge in [0, 0.05) is 29.4 Å².